The highest BCUT2D eigenvalue weighted by Crippen LogP contribution is 2.41. The van der Waals surface area contributed by atoms with Gasteiger partial charge >= 0.3 is 0 Å². The highest BCUT2D eigenvalue weighted by Gasteiger charge is 2.19. The Hall–Kier alpha value is -3.40. The molecular formula is C20H22N6O3S. The Morgan fingerprint density at radius 2 is 1.67 bits per heavy atom. The van der Waals surface area contributed by atoms with Gasteiger partial charge < -0.3 is 19.5 Å². The first kappa shape index (κ1) is 19.9. The summed E-state index contributed by atoms with van der Waals surface area (Å²) in [5.74, 6) is 3.59. The van der Waals surface area contributed by atoms with Crippen molar-refractivity contribution in [3.63, 3.8) is 0 Å². The van der Waals surface area contributed by atoms with Crippen LogP contribution in [0.1, 0.15) is 16.5 Å². The number of rotatable bonds is 6. The molecule has 0 spiro atoms. The lowest BCUT2D eigenvalue weighted by molar-refractivity contribution is 0.324. The second kappa shape index (κ2) is 7.79. The quantitative estimate of drug-likeness (QED) is 0.495. The molecule has 1 N–H and O–H groups in total. The smallest absolute Gasteiger partial charge is 0.203 e. The zero-order valence-electron chi connectivity index (χ0n) is 17.6. The van der Waals surface area contributed by atoms with Gasteiger partial charge in [0.25, 0.3) is 0 Å². The molecule has 10 heteroatoms. The number of aryl methyl sites for hydroxylation is 3. The summed E-state index contributed by atoms with van der Waals surface area (Å²) in [6.45, 7) is 5.80. The van der Waals surface area contributed by atoms with Crippen LogP contribution in [0.15, 0.2) is 18.3 Å². The zero-order valence-corrected chi connectivity index (χ0v) is 18.4. The molecule has 0 bridgehead atoms. The Bertz CT molecular complexity index is 1210. The maximum absolute atomic E-state index is 5.47. The minimum absolute atomic E-state index is 0.524. The Balaban J connectivity index is 1.88. The van der Waals surface area contributed by atoms with Crippen LogP contribution in [-0.4, -0.2) is 45.9 Å². The third kappa shape index (κ3) is 3.39. The number of hydrogen-bond acceptors (Lipinski definition) is 9. The average molecular weight is 427 g/mol. The number of nitrogens with one attached hydrogen (secondary N) is 1. The van der Waals surface area contributed by atoms with Gasteiger partial charge in [-0.2, -0.15) is 0 Å². The van der Waals surface area contributed by atoms with E-state index in [1.54, 1.807) is 32.0 Å². The van der Waals surface area contributed by atoms with Crippen molar-refractivity contribution in [2.75, 3.05) is 26.6 Å². The lowest BCUT2D eigenvalue weighted by Crippen LogP contribution is -2.05. The van der Waals surface area contributed by atoms with Crippen LogP contribution in [0.3, 0.4) is 0 Å². The second-order valence-electron chi connectivity index (χ2n) is 6.57. The van der Waals surface area contributed by atoms with Gasteiger partial charge in [-0.1, -0.05) is 0 Å². The van der Waals surface area contributed by atoms with E-state index in [4.69, 9.17) is 19.2 Å². The summed E-state index contributed by atoms with van der Waals surface area (Å²) in [5.41, 5.74) is 2.36. The van der Waals surface area contributed by atoms with Gasteiger partial charge in [0, 0.05) is 24.0 Å². The Kier molecular flexibility index (Phi) is 5.17. The number of ether oxygens (including phenoxy) is 3. The van der Waals surface area contributed by atoms with E-state index >= 15 is 0 Å². The molecule has 4 rings (SSSR count). The molecule has 0 amide bonds. The summed E-state index contributed by atoms with van der Waals surface area (Å²) in [4.78, 5) is 14.6. The number of aromatic nitrogens is 5. The fourth-order valence-electron chi connectivity index (χ4n) is 3.27. The molecule has 1 aromatic carbocycles. The van der Waals surface area contributed by atoms with Crippen molar-refractivity contribution in [3.05, 3.63) is 34.9 Å². The molecule has 0 unspecified atom stereocenters. The highest BCUT2D eigenvalue weighted by molar-refractivity contribution is 7.14. The third-order valence-corrected chi connectivity index (χ3v) is 5.51. The van der Waals surface area contributed by atoms with Gasteiger partial charge in [-0.3, -0.25) is 0 Å². The first-order chi connectivity index (χ1) is 14.4. The fraction of sp³-hybridized carbons (Fsp3) is 0.300. The summed E-state index contributed by atoms with van der Waals surface area (Å²) >= 11 is 1.54. The molecule has 0 saturated heterocycles. The molecule has 3 heterocycles. The Morgan fingerprint density at radius 3 is 2.23 bits per heavy atom. The number of imidazole rings is 1. The molecule has 0 radical (unpaired) electrons. The minimum Gasteiger partial charge on any atom is -0.493 e. The lowest BCUT2D eigenvalue weighted by atomic mass is 10.2. The van der Waals surface area contributed by atoms with E-state index in [1.165, 1.54) is 11.3 Å². The molecule has 0 saturated carbocycles. The van der Waals surface area contributed by atoms with Crippen LogP contribution in [0.25, 0.3) is 16.2 Å². The largest absolute Gasteiger partial charge is 0.493 e. The number of anilines is 2. The van der Waals surface area contributed by atoms with Gasteiger partial charge in [-0.05, 0) is 20.8 Å². The van der Waals surface area contributed by atoms with E-state index in [9.17, 15) is 0 Å². The monoisotopic (exact) mass is 426 g/mol. The lowest BCUT2D eigenvalue weighted by Gasteiger charge is -2.15. The van der Waals surface area contributed by atoms with Crippen molar-refractivity contribution in [2.45, 2.75) is 20.8 Å². The first-order valence-corrected chi connectivity index (χ1v) is 10.0. The molecule has 156 valence electrons. The molecule has 4 aromatic rings. The number of hydrogen-bond donors (Lipinski definition) is 1. The topological polar surface area (TPSA) is 95.7 Å². The zero-order chi connectivity index (χ0) is 21.4. The van der Waals surface area contributed by atoms with Crippen LogP contribution in [-0.2, 0) is 0 Å². The van der Waals surface area contributed by atoms with Gasteiger partial charge in [0.15, 0.2) is 23.1 Å². The van der Waals surface area contributed by atoms with Crippen molar-refractivity contribution >= 4 is 28.4 Å². The molecule has 0 atom stereocenters. The number of nitrogens with zero attached hydrogens (tertiary/aromatic N) is 5. The number of methoxy groups -OCH3 is 3. The number of benzene rings is 1. The molecule has 0 fully saturated rings. The van der Waals surface area contributed by atoms with Crippen LogP contribution >= 0.6 is 11.3 Å². The van der Waals surface area contributed by atoms with Crippen molar-refractivity contribution in [1.82, 2.24) is 24.6 Å². The van der Waals surface area contributed by atoms with E-state index in [-0.39, 0.29) is 0 Å². The summed E-state index contributed by atoms with van der Waals surface area (Å²) < 4.78 is 18.1. The molecular weight excluding hydrogens is 404 g/mol. The van der Waals surface area contributed by atoms with Gasteiger partial charge in [0.1, 0.15) is 11.3 Å². The van der Waals surface area contributed by atoms with Crippen molar-refractivity contribution in [3.8, 4) is 28.0 Å². The van der Waals surface area contributed by atoms with Crippen molar-refractivity contribution < 1.29 is 14.2 Å². The van der Waals surface area contributed by atoms with Crippen LogP contribution in [0.4, 0.5) is 11.5 Å². The molecule has 0 aliphatic carbocycles. The van der Waals surface area contributed by atoms with Crippen LogP contribution in [0, 0.1) is 20.8 Å². The molecule has 0 aliphatic rings. The van der Waals surface area contributed by atoms with Gasteiger partial charge in [0.2, 0.25) is 5.75 Å². The maximum Gasteiger partial charge on any atom is 0.203 e. The average Bonchev–Trinajstić information content (AvgIpc) is 3.30. The van der Waals surface area contributed by atoms with Crippen molar-refractivity contribution in [2.24, 2.45) is 0 Å². The van der Waals surface area contributed by atoms with Gasteiger partial charge in [-0.25, -0.2) is 19.5 Å². The first-order valence-electron chi connectivity index (χ1n) is 9.19. The number of fused-ring (bicyclic) bond motifs is 1. The van der Waals surface area contributed by atoms with E-state index < -0.39 is 0 Å². The predicted octanol–water partition coefficient (Wildman–Crippen LogP) is 3.94. The third-order valence-electron chi connectivity index (χ3n) is 4.60. The number of thiazole rings is 1. The minimum atomic E-state index is 0.524. The molecule has 30 heavy (non-hydrogen) atoms. The fourth-order valence-corrected chi connectivity index (χ4v) is 3.98. The second-order valence-corrected chi connectivity index (χ2v) is 7.81. The summed E-state index contributed by atoms with van der Waals surface area (Å²) in [6.07, 6.45) is 1.78. The molecule has 3 aromatic heterocycles. The van der Waals surface area contributed by atoms with Crippen LogP contribution in [0.5, 0.6) is 17.2 Å². The molecule has 9 nitrogen and oxygen atoms in total. The summed E-state index contributed by atoms with van der Waals surface area (Å²) in [5, 5.41) is 9.01. The van der Waals surface area contributed by atoms with Crippen molar-refractivity contribution in [1.29, 1.82) is 0 Å². The van der Waals surface area contributed by atoms with E-state index in [1.807, 2.05) is 32.9 Å². The SMILES string of the molecule is COc1cc(Nc2nc(-c3cnc(C)s3)nn3c(C)nc(C)c23)cc(OC)c1OC. The van der Waals surface area contributed by atoms with E-state index in [0.717, 1.165) is 32.6 Å². The van der Waals surface area contributed by atoms with Crippen LogP contribution in [0.2, 0.25) is 0 Å². The van der Waals surface area contributed by atoms with Crippen LogP contribution < -0.4 is 19.5 Å². The van der Waals surface area contributed by atoms with E-state index in [2.05, 4.69) is 20.4 Å². The van der Waals surface area contributed by atoms with Gasteiger partial charge in [0.05, 0.1) is 36.9 Å². The van der Waals surface area contributed by atoms with Gasteiger partial charge in [-0.15, -0.1) is 16.4 Å². The Morgan fingerprint density at radius 1 is 0.967 bits per heavy atom. The summed E-state index contributed by atoms with van der Waals surface area (Å²) in [6, 6.07) is 3.66. The normalized spacial score (nSPS) is 11.0. The Labute approximate surface area is 177 Å². The standard InChI is InChI=1S/C20H22N6O3S/c1-10-17-20(23-13-7-14(27-4)18(29-6)15(8-13)28-5)24-19(16-9-21-12(3)30-16)25-26(17)11(2)22-10/h7-9H,1-6H3,(H,23,24,25). The maximum atomic E-state index is 5.47. The summed E-state index contributed by atoms with van der Waals surface area (Å²) in [7, 11) is 4.74. The highest BCUT2D eigenvalue weighted by atomic mass is 32.1. The predicted molar refractivity (Wildman–Crippen MR) is 115 cm³/mol. The molecule has 0 aliphatic heterocycles. The van der Waals surface area contributed by atoms with E-state index in [0.29, 0.717) is 28.9 Å².